The molecule has 1 aromatic carbocycles. The molecule has 1 aliphatic heterocycles. The molecular weight excluding hydrogens is 470 g/mol. The largest absolute Gasteiger partial charge is 0.444 e. The van der Waals surface area contributed by atoms with Gasteiger partial charge >= 0.3 is 6.09 Å². The molecule has 3 unspecified atom stereocenters. The van der Waals surface area contributed by atoms with Gasteiger partial charge in [0.15, 0.2) is 11.5 Å². The van der Waals surface area contributed by atoms with Gasteiger partial charge in [0, 0.05) is 22.6 Å². The van der Waals surface area contributed by atoms with E-state index >= 15 is 0 Å². The van der Waals surface area contributed by atoms with Crippen molar-refractivity contribution in [3.63, 3.8) is 0 Å². The van der Waals surface area contributed by atoms with Crippen LogP contribution in [0.15, 0.2) is 32.7 Å². The molecule has 1 saturated carbocycles. The second kappa shape index (κ2) is 7.94. The van der Waals surface area contributed by atoms with Crippen LogP contribution >= 0.6 is 15.9 Å². The number of carbonyl (C=O) groups excluding carboxylic acids is 1. The molecule has 0 radical (unpaired) electrons. The smallest absolute Gasteiger partial charge is 0.413 e. The van der Waals surface area contributed by atoms with Crippen molar-refractivity contribution in [1.82, 2.24) is 5.32 Å². The Hall–Kier alpha value is -1.73. The van der Waals surface area contributed by atoms with Crippen LogP contribution in [0.2, 0.25) is 0 Å². The van der Waals surface area contributed by atoms with Crippen molar-refractivity contribution in [2.45, 2.75) is 78.2 Å². The van der Waals surface area contributed by atoms with Gasteiger partial charge in [-0.15, -0.1) is 0 Å². The highest BCUT2D eigenvalue weighted by molar-refractivity contribution is 9.10. The van der Waals surface area contributed by atoms with E-state index in [-0.39, 0.29) is 11.5 Å². The molecule has 32 heavy (non-hydrogen) atoms. The first kappa shape index (κ1) is 23.4. The molecule has 7 heteroatoms. The van der Waals surface area contributed by atoms with Crippen molar-refractivity contribution in [3.05, 3.63) is 33.8 Å². The number of nitrogens with zero attached hydrogens (tertiary/aromatic N) is 2. The van der Waals surface area contributed by atoms with E-state index in [4.69, 9.17) is 19.5 Å². The van der Waals surface area contributed by atoms with Crippen molar-refractivity contribution >= 4 is 33.6 Å². The SMILES string of the molecule is COC1C(C)CC2(Cc3ccc(Br)cc3C23N=C(C)C(NC(=O)OC(C)(C)C)=N3)CC1C. The highest BCUT2D eigenvalue weighted by atomic mass is 79.9. The van der Waals surface area contributed by atoms with Gasteiger partial charge in [0.05, 0.1) is 11.8 Å². The molecule has 174 valence electrons. The van der Waals surface area contributed by atoms with Gasteiger partial charge in [-0.2, -0.15) is 0 Å². The minimum absolute atomic E-state index is 0.164. The standard InChI is InChI=1S/C25H34BrN3O3/c1-14-11-24(12-15(2)20(14)31-7)13-17-8-9-18(26)10-19(17)25(24)28-16(3)21(29-25)27-22(30)32-23(4,5)6/h8-10,14-15,20H,11-13H2,1-7H3,(H,27,29,30). The minimum Gasteiger partial charge on any atom is -0.444 e. The zero-order chi connectivity index (χ0) is 23.5. The van der Waals surface area contributed by atoms with Crippen molar-refractivity contribution in [2.75, 3.05) is 7.11 Å². The predicted molar refractivity (Wildman–Crippen MR) is 130 cm³/mol. The molecule has 1 amide bonds. The summed E-state index contributed by atoms with van der Waals surface area (Å²) in [6.45, 7) is 12.0. The monoisotopic (exact) mass is 503 g/mol. The summed E-state index contributed by atoms with van der Waals surface area (Å²) >= 11 is 3.65. The number of nitrogens with one attached hydrogen (secondary N) is 1. The lowest BCUT2D eigenvalue weighted by Crippen LogP contribution is -2.49. The third-order valence-corrected chi connectivity index (χ3v) is 7.59. The average molecular weight is 504 g/mol. The molecule has 0 aromatic heterocycles. The van der Waals surface area contributed by atoms with Crippen molar-refractivity contribution < 1.29 is 14.3 Å². The van der Waals surface area contributed by atoms with Crippen LogP contribution in [-0.2, 0) is 21.6 Å². The van der Waals surface area contributed by atoms with Crippen LogP contribution in [0.25, 0.3) is 0 Å². The topological polar surface area (TPSA) is 72.3 Å². The first-order valence-corrected chi connectivity index (χ1v) is 12.2. The number of rotatable bonds is 1. The van der Waals surface area contributed by atoms with Crippen LogP contribution in [0, 0.1) is 17.3 Å². The van der Waals surface area contributed by atoms with E-state index in [9.17, 15) is 4.79 Å². The lowest BCUT2D eigenvalue weighted by atomic mass is 9.59. The molecule has 0 bridgehead atoms. The Bertz CT molecular complexity index is 985. The third kappa shape index (κ3) is 3.81. The summed E-state index contributed by atoms with van der Waals surface area (Å²) < 4.78 is 12.3. The molecule has 1 aromatic rings. The molecule has 0 saturated heterocycles. The van der Waals surface area contributed by atoms with Gasteiger partial charge in [-0.3, -0.25) is 10.3 Å². The van der Waals surface area contributed by atoms with Gasteiger partial charge in [0.1, 0.15) is 5.60 Å². The zero-order valence-corrected chi connectivity index (χ0v) is 21.7. The van der Waals surface area contributed by atoms with Crippen LogP contribution in [0.3, 0.4) is 0 Å². The molecule has 3 atom stereocenters. The zero-order valence-electron chi connectivity index (χ0n) is 20.1. The van der Waals surface area contributed by atoms with Crippen LogP contribution in [0.1, 0.15) is 65.5 Å². The van der Waals surface area contributed by atoms with Crippen LogP contribution in [-0.4, -0.2) is 36.5 Å². The van der Waals surface area contributed by atoms with Crippen LogP contribution < -0.4 is 5.32 Å². The van der Waals surface area contributed by atoms with E-state index in [1.165, 1.54) is 5.56 Å². The number of aliphatic imine (C=N–C) groups is 2. The Morgan fingerprint density at radius 2 is 1.84 bits per heavy atom. The fraction of sp³-hybridized carbons (Fsp3) is 0.640. The van der Waals surface area contributed by atoms with Crippen LogP contribution in [0.5, 0.6) is 0 Å². The molecule has 3 aliphatic rings. The first-order chi connectivity index (χ1) is 14.9. The number of hydrogen-bond donors (Lipinski definition) is 1. The number of carbonyl (C=O) groups is 1. The lowest BCUT2D eigenvalue weighted by molar-refractivity contribution is -0.0730. The maximum absolute atomic E-state index is 12.5. The number of ether oxygens (including phenoxy) is 2. The summed E-state index contributed by atoms with van der Waals surface area (Å²) in [5.74, 6) is 1.26. The van der Waals surface area contributed by atoms with E-state index in [1.807, 2.05) is 34.8 Å². The number of amidine groups is 1. The predicted octanol–water partition coefficient (Wildman–Crippen LogP) is 5.62. The number of alkyl carbamates (subject to hydrolysis) is 1. The normalized spacial score (nSPS) is 33.8. The molecule has 1 N–H and O–H groups in total. The van der Waals surface area contributed by atoms with Gasteiger partial charge in [-0.25, -0.2) is 9.79 Å². The molecular formula is C25H34BrN3O3. The molecule has 1 heterocycles. The van der Waals surface area contributed by atoms with Gasteiger partial charge in [-0.1, -0.05) is 35.8 Å². The number of amides is 1. The first-order valence-electron chi connectivity index (χ1n) is 11.4. The average Bonchev–Trinajstić information content (AvgIpc) is 3.09. The van der Waals surface area contributed by atoms with Gasteiger partial charge in [0.2, 0.25) is 0 Å². The van der Waals surface area contributed by atoms with Gasteiger partial charge in [-0.05, 0) is 76.5 Å². The summed E-state index contributed by atoms with van der Waals surface area (Å²) in [6, 6.07) is 6.43. The van der Waals surface area contributed by atoms with E-state index in [2.05, 4.69) is 53.3 Å². The number of halogens is 1. The molecule has 4 rings (SSSR count). The summed E-state index contributed by atoms with van der Waals surface area (Å²) in [7, 11) is 1.81. The van der Waals surface area contributed by atoms with Crippen molar-refractivity contribution in [2.24, 2.45) is 27.2 Å². The van der Waals surface area contributed by atoms with E-state index in [0.29, 0.717) is 17.7 Å². The molecule has 2 aliphatic carbocycles. The number of methoxy groups -OCH3 is 1. The molecule has 6 nitrogen and oxygen atoms in total. The number of fused-ring (bicyclic) bond motifs is 3. The summed E-state index contributed by atoms with van der Waals surface area (Å²) in [4.78, 5) is 22.9. The van der Waals surface area contributed by atoms with Crippen LogP contribution in [0.4, 0.5) is 4.79 Å². The van der Waals surface area contributed by atoms with Gasteiger partial charge < -0.3 is 9.47 Å². The second-order valence-corrected chi connectivity index (χ2v) is 11.7. The Balaban J connectivity index is 1.79. The highest BCUT2D eigenvalue weighted by Gasteiger charge is 2.63. The Labute approximate surface area is 199 Å². The maximum atomic E-state index is 12.5. The second-order valence-electron chi connectivity index (χ2n) is 10.8. The quantitative estimate of drug-likeness (QED) is 0.540. The van der Waals surface area contributed by atoms with Gasteiger partial charge in [0.25, 0.3) is 0 Å². The Morgan fingerprint density at radius 3 is 2.44 bits per heavy atom. The highest BCUT2D eigenvalue weighted by Crippen LogP contribution is 2.63. The fourth-order valence-corrected chi connectivity index (χ4v) is 6.60. The maximum Gasteiger partial charge on any atom is 0.413 e. The lowest BCUT2D eigenvalue weighted by Gasteiger charge is -2.49. The van der Waals surface area contributed by atoms with E-state index in [0.717, 1.165) is 35.0 Å². The molecule has 2 spiro atoms. The Kier molecular flexibility index (Phi) is 5.82. The minimum atomic E-state index is -0.748. The fourth-order valence-electron chi connectivity index (χ4n) is 6.24. The summed E-state index contributed by atoms with van der Waals surface area (Å²) in [5.41, 5.74) is 1.65. The number of hydrogen-bond acceptors (Lipinski definition) is 5. The van der Waals surface area contributed by atoms with E-state index < -0.39 is 17.4 Å². The third-order valence-electron chi connectivity index (χ3n) is 7.10. The molecule has 1 fully saturated rings. The summed E-state index contributed by atoms with van der Waals surface area (Å²) in [5, 5.41) is 2.87. The summed E-state index contributed by atoms with van der Waals surface area (Å²) in [6.07, 6.45) is 2.56. The van der Waals surface area contributed by atoms with Crippen molar-refractivity contribution in [3.8, 4) is 0 Å². The van der Waals surface area contributed by atoms with E-state index in [1.54, 1.807) is 0 Å². The Morgan fingerprint density at radius 1 is 1.19 bits per heavy atom. The van der Waals surface area contributed by atoms with Crippen molar-refractivity contribution in [1.29, 1.82) is 0 Å². The number of benzene rings is 1.